The van der Waals surface area contributed by atoms with E-state index in [-0.39, 0.29) is 50.1 Å². The predicted molar refractivity (Wildman–Crippen MR) is 216 cm³/mol. The first-order valence-corrected chi connectivity index (χ1v) is 19.2. The normalized spacial score (nSPS) is 18.9. The molecule has 0 radical (unpaired) electrons. The standard InChI is InChI=1S/C48H46O10/c49-28-42-43(50)45(55-32-37-22-12-4-13-23-37)46(56-33-38-24-14-5-15-25-38)48(57-42)58-47(51)39-26-40(52-29-34-16-6-1-7-17-34)44(54-31-36-20-10-3-11-21-36)41(27-39)53-30-35-18-8-2-9-19-35/h1-27,42-43,45-46,48-50H,28-33H2. The van der Waals surface area contributed by atoms with E-state index in [9.17, 15) is 15.0 Å². The highest BCUT2D eigenvalue weighted by Crippen LogP contribution is 2.41. The van der Waals surface area contributed by atoms with Crippen molar-refractivity contribution in [2.24, 2.45) is 0 Å². The highest BCUT2D eigenvalue weighted by molar-refractivity contribution is 5.91. The zero-order chi connectivity index (χ0) is 39.9. The predicted octanol–water partition coefficient (Wildman–Crippen LogP) is 7.83. The third kappa shape index (κ3) is 10.9. The maximum absolute atomic E-state index is 14.4. The van der Waals surface area contributed by atoms with Gasteiger partial charge >= 0.3 is 5.97 Å². The monoisotopic (exact) mass is 782 g/mol. The molecule has 1 aliphatic heterocycles. The van der Waals surface area contributed by atoms with Gasteiger partial charge in [0.2, 0.25) is 12.0 Å². The van der Waals surface area contributed by atoms with E-state index >= 15 is 0 Å². The fourth-order valence-electron chi connectivity index (χ4n) is 6.46. The van der Waals surface area contributed by atoms with Crippen molar-refractivity contribution in [3.63, 3.8) is 0 Å². The van der Waals surface area contributed by atoms with Crippen molar-refractivity contribution in [3.05, 3.63) is 197 Å². The van der Waals surface area contributed by atoms with Gasteiger partial charge in [-0.05, 0) is 39.9 Å². The number of aliphatic hydroxyl groups excluding tert-OH is 2. The highest BCUT2D eigenvalue weighted by Gasteiger charge is 2.48. The Morgan fingerprint density at radius 2 is 0.897 bits per heavy atom. The minimum absolute atomic E-state index is 0.0806. The van der Waals surface area contributed by atoms with Crippen molar-refractivity contribution in [3.8, 4) is 17.2 Å². The van der Waals surface area contributed by atoms with Crippen LogP contribution in [0.3, 0.4) is 0 Å². The Morgan fingerprint density at radius 3 is 1.31 bits per heavy atom. The van der Waals surface area contributed by atoms with Crippen LogP contribution >= 0.6 is 0 Å². The Balaban J connectivity index is 1.21. The first kappa shape index (κ1) is 40.2. The van der Waals surface area contributed by atoms with Gasteiger partial charge in [0.25, 0.3) is 0 Å². The van der Waals surface area contributed by atoms with E-state index in [0.717, 1.165) is 27.8 Å². The largest absolute Gasteiger partial charge is 0.485 e. The fraction of sp³-hybridized carbons (Fsp3) is 0.229. The Labute approximate surface area is 338 Å². The van der Waals surface area contributed by atoms with Crippen molar-refractivity contribution in [2.45, 2.75) is 63.7 Å². The van der Waals surface area contributed by atoms with Crippen LogP contribution in [0.25, 0.3) is 0 Å². The second kappa shape index (κ2) is 20.4. The molecule has 0 amide bonds. The topological polar surface area (TPSA) is 122 Å². The summed E-state index contributed by atoms with van der Waals surface area (Å²) < 4.78 is 44.0. The van der Waals surface area contributed by atoms with E-state index in [1.807, 2.05) is 152 Å². The molecule has 10 nitrogen and oxygen atoms in total. The molecule has 298 valence electrons. The molecule has 58 heavy (non-hydrogen) atoms. The summed E-state index contributed by atoms with van der Waals surface area (Å²) in [6, 6.07) is 51.0. The molecule has 0 saturated carbocycles. The molecular formula is C48H46O10. The third-order valence-electron chi connectivity index (χ3n) is 9.55. The van der Waals surface area contributed by atoms with E-state index in [4.69, 9.17) is 33.2 Å². The molecule has 7 rings (SSSR count). The minimum Gasteiger partial charge on any atom is -0.485 e. The van der Waals surface area contributed by atoms with Crippen LogP contribution in [-0.4, -0.2) is 53.5 Å². The van der Waals surface area contributed by atoms with E-state index in [2.05, 4.69) is 0 Å². The molecule has 0 aliphatic carbocycles. The van der Waals surface area contributed by atoms with Crippen LogP contribution in [-0.2, 0) is 52.0 Å². The first-order valence-electron chi connectivity index (χ1n) is 19.2. The first-order chi connectivity index (χ1) is 28.5. The van der Waals surface area contributed by atoms with Crippen LogP contribution in [0.15, 0.2) is 164 Å². The SMILES string of the molecule is O=C(OC1OC(CO)C(O)C(OCc2ccccc2)C1OCc1ccccc1)c1cc(OCc2ccccc2)c(OCc2ccccc2)c(OCc2ccccc2)c1. The Kier molecular flexibility index (Phi) is 14.2. The summed E-state index contributed by atoms with van der Waals surface area (Å²) >= 11 is 0. The summed E-state index contributed by atoms with van der Waals surface area (Å²) in [5.41, 5.74) is 4.52. The van der Waals surface area contributed by atoms with Crippen LogP contribution in [0.1, 0.15) is 38.2 Å². The fourth-order valence-corrected chi connectivity index (χ4v) is 6.46. The van der Waals surface area contributed by atoms with E-state index in [1.54, 1.807) is 12.1 Å². The number of carbonyl (C=O) groups is 1. The van der Waals surface area contributed by atoms with Gasteiger partial charge in [0.05, 0.1) is 25.4 Å². The second-order valence-electron chi connectivity index (χ2n) is 13.8. The summed E-state index contributed by atoms with van der Waals surface area (Å²) in [5.74, 6) is 0.0259. The van der Waals surface area contributed by atoms with Gasteiger partial charge in [0.15, 0.2) is 11.5 Å². The number of carbonyl (C=O) groups excluding carboxylic acids is 1. The van der Waals surface area contributed by atoms with Crippen LogP contribution in [0.5, 0.6) is 17.2 Å². The number of esters is 1. The third-order valence-corrected chi connectivity index (χ3v) is 9.55. The average Bonchev–Trinajstić information content (AvgIpc) is 3.28. The molecule has 0 spiro atoms. The van der Waals surface area contributed by atoms with Gasteiger partial charge in [0, 0.05) is 0 Å². The van der Waals surface area contributed by atoms with Crippen LogP contribution in [0, 0.1) is 0 Å². The summed E-state index contributed by atoms with van der Waals surface area (Å²) in [6.45, 7) is 0.232. The molecule has 6 aromatic carbocycles. The lowest BCUT2D eigenvalue weighted by Gasteiger charge is -2.43. The Hall–Kier alpha value is -6.01. The van der Waals surface area contributed by atoms with Crippen molar-refractivity contribution in [2.75, 3.05) is 6.61 Å². The zero-order valence-corrected chi connectivity index (χ0v) is 31.9. The minimum atomic E-state index is -1.39. The summed E-state index contributed by atoms with van der Waals surface area (Å²) in [5, 5.41) is 21.7. The van der Waals surface area contributed by atoms with Gasteiger partial charge < -0.3 is 43.4 Å². The molecule has 5 unspecified atom stereocenters. The van der Waals surface area contributed by atoms with E-state index in [1.165, 1.54) is 0 Å². The number of aliphatic hydroxyl groups is 2. The molecule has 1 fully saturated rings. The summed E-state index contributed by atoms with van der Waals surface area (Å²) in [4.78, 5) is 14.4. The van der Waals surface area contributed by atoms with Gasteiger partial charge in [0.1, 0.15) is 44.2 Å². The van der Waals surface area contributed by atoms with Gasteiger partial charge in [-0.25, -0.2) is 4.79 Å². The second-order valence-corrected chi connectivity index (χ2v) is 13.8. The van der Waals surface area contributed by atoms with Gasteiger partial charge in [-0.3, -0.25) is 0 Å². The molecule has 0 aromatic heterocycles. The Bertz CT molecular complexity index is 2070. The number of benzene rings is 6. The van der Waals surface area contributed by atoms with Crippen LogP contribution in [0.2, 0.25) is 0 Å². The maximum Gasteiger partial charge on any atom is 0.340 e. The van der Waals surface area contributed by atoms with E-state index < -0.39 is 43.3 Å². The van der Waals surface area contributed by atoms with Crippen molar-refractivity contribution in [1.82, 2.24) is 0 Å². The zero-order valence-electron chi connectivity index (χ0n) is 31.9. The van der Waals surface area contributed by atoms with Crippen molar-refractivity contribution >= 4 is 5.97 Å². The molecule has 0 bridgehead atoms. The number of ether oxygens (including phenoxy) is 7. The lowest BCUT2D eigenvalue weighted by Crippen LogP contribution is -2.61. The van der Waals surface area contributed by atoms with Gasteiger partial charge in [-0.15, -0.1) is 0 Å². The van der Waals surface area contributed by atoms with Gasteiger partial charge in [-0.1, -0.05) is 152 Å². The lowest BCUT2D eigenvalue weighted by atomic mass is 9.98. The molecule has 1 aliphatic rings. The van der Waals surface area contributed by atoms with E-state index in [0.29, 0.717) is 5.75 Å². The van der Waals surface area contributed by atoms with Crippen LogP contribution < -0.4 is 14.2 Å². The summed E-state index contributed by atoms with van der Waals surface area (Å²) in [7, 11) is 0. The van der Waals surface area contributed by atoms with Crippen LogP contribution in [0.4, 0.5) is 0 Å². The molecular weight excluding hydrogens is 737 g/mol. The summed E-state index contributed by atoms with van der Waals surface area (Å²) in [6.07, 6.45) is -5.98. The Morgan fingerprint density at radius 1 is 0.517 bits per heavy atom. The molecule has 1 saturated heterocycles. The average molecular weight is 783 g/mol. The molecule has 5 atom stereocenters. The highest BCUT2D eigenvalue weighted by atomic mass is 16.7. The van der Waals surface area contributed by atoms with Crippen molar-refractivity contribution in [1.29, 1.82) is 0 Å². The quantitative estimate of drug-likeness (QED) is 0.0835. The molecule has 6 aromatic rings. The number of hydrogen-bond donors (Lipinski definition) is 2. The number of rotatable bonds is 18. The molecule has 2 N–H and O–H groups in total. The number of hydrogen-bond acceptors (Lipinski definition) is 10. The lowest BCUT2D eigenvalue weighted by molar-refractivity contribution is -0.305. The van der Waals surface area contributed by atoms with Crippen molar-refractivity contribution < 1.29 is 48.2 Å². The molecule has 1 heterocycles. The smallest absolute Gasteiger partial charge is 0.340 e. The molecule has 10 heteroatoms. The van der Waals surface area contributed by atoms with Gasteiger partial charge in [-0.2, -0.15) is 0 Å². The maximum atomic E-state index is 14.4.